The van der Waals surface area contributed by atoms with Crippen molar-refractivity contribution in [2.75, 3.05) is 24.5 Å². The number of rotatable bonds is 4. The van der Waals surface area contributed by atoms with E-state index in [1.807, 2.05) is 4.90 Å². The Morgan fingerprint density at radius 1 is 1.48 bits per heavy atom. The van der Waals surface area contributed by atoms with E-state index in [-0.39, 0.29) is 18.2 Å². The van der Waals surface area contributed by atoms with Crippen molar-refractivity contribution in [2.24, 2.45) is 0 Å². The zero-order valence-corrected chi connectivity index (χ0v) is 12.9. The standard InChI is InChI=1S/C15H19N5O3/c1-11-8-12(23-19-11)13(21)18-9-15(22)4-2-7-20(10-15)14-16-5-3-6-17-14/h3,5-6,8,22H,2,4,7,9-10H2,1H3,(H,18,21)/t15-/m0/s1. The van der Waals surface area contributed by atoms with E-state index in [1.54, 1.807) is 31.5 Å². The van der Waals surface area contributed by atoms with Crippen LogP contribution in [0.25, 0.3) is 0 Å². The third-order valence-corrected chi connectivity index (χ3v) is 3.82. The topological polar surface area (TPSA) is 104 Å². The highest BCUT2D eigenvalue weighted by molar-refractivity contribution is 5.91. The summed E-state index contributed by atoms with van der Waals surface area (Å²) in [6.07, 6.45) is 4.74. The fraction of sp³-hybridized carbons (Fsp3) is 0.467. The Morgan fingerprint density at radius 3 is 2.96 bits per heavy atom. The van der Waals surface area contributed by atoms with Crippen LogP contribution in [-0.4, -0.2) is 51.4 Å². The summed E-state index contributed by atoms with van der Waals surface area (Å²) in [7, 11) is 0. The van der Waals surface area contributed by atoms with Crippen LogP contribution in [0.2, 0.25) is 0 Å². The van der Waals surface area contributed by atoms with E-state index in [4.69, 9.17) is 4.52 Å². The maximum Gasteiger partial charge on any atom is 0.290 e. The summed E-state index contributed by atoms with van der Waals surface area (Å²) in [4.78, 5) is 22.3. The number of carbonyl (C=O) groups excluding carboxylic acids is 1. The van der Waals surface area contributed by atoms with E-state index in [9.17, 15) is 9.90 Å². The molecule has 1 saturated heterocycles. The largest absolute Gasteiger partial charge is 0.386 e. The minimum atomic E-state index is -1.03. The molecule has 2 aromatic heterocycles. The SMILES string of the molecule is Cc1cc(C(=O)NC[C@@]2(O)CCCN(c3ncccn3)C2)on1. The Morgan fingerprint density at radius 2 is 2.26 bits per heavy atom. The van der Waals surface area contributed by atoms with E-state index in [0.717, 1.165) is 13.0 Å². The third-order valence-electron chi connectivity index (χ3n) is 3.82. The first kappa shape index (κ1) is 15.4. The highest BCUT2D eigenvalue weighted by atomic mass is 16.5. The third kappa shape index (κ3) is 3.65. The first-order valence-corrected chi connectivity index (χ1v) is 7.52. The van der Waals surface area contributed by atoms with Crippen LogP contribution in [0.4, 0.5) is 5.95 Å². The molecule has 3 rings (SSSR count). The van der Waals surface area contributed by atoms with Gasteiger partial charge in [-0.05, 0) is 25.8 Å². The van der Waals surface area contributed by atoms with Crippen molar-refractivity contribution < 1.29 is 14.4 Å². The van der Waals surface area contributed by atoms with Gasteiger partial charge in [0.05, 0.1) is 17.8 Å². The van der Waals surface area contributed by atoms with Crippen LogP contribution in [-0.2, 0) is 0 Å². The Kier molecular flexibility index (Phi) is 4.24. The van der Waals surface area contributed by atoms with Gasteiger partial charge >= 0.3 is 0 Å². The molecular formula is C15H19N5O3. The maximum absolute atomic E-state index is 12.0. The van der Waals surface area contributed by atoms with Gasteiger partial charge in [0.1, 0.15) is 0 Å². The number of anilines is 1. The number of piperidine rings is 1. The fourth-order valence-electron chi connectivity index (χ4n) is 2.68. The zero-order chi connectivity index (χ0) is 16.3. The predicted molar refractivity (Wildman–Crippen MR) is 82.0 cm³/mol. The molecule has 0 saturated carbocycles. The lowest BCUT2D eigenvalue weighted by molar-refractivity contribution is 0.0248. The molecule has 0 aliphatic carbocycles. The minimum Gasteiger partial charge on any atom is -0.386 e. The normalized spacial score (nSPS) is 21.2. The van der Waals surface area contributed by atoms with Gasteiger partial charge in [-0.25, -0.2) is 9.97 Å². The van der Waals surface area contributed by atoms with Crippen molar-refractivity contribution >= 4 is 11.9 Å². The van der Waals surface area contributed by atoms with E-state index in [2.05, 4.69) is 20.4 Å². The zero-order valence-electron chi connectivity index (χ0n) is 12.9. The van der Waals surface area contributed by atoms with Gasteiger partial charge in [-0.3, -0.25) is 4.79 Å². The van der Waals surface area contributed by atoms with Gasteiger partial charge in [-0.2, -0.15) is 0 Å². The Labute approximate surface area is 133 Å². The van der Waals surface area contributed by atoms with Crippen LogP contribution in [0.15, 0.2) is 29.0 Å². The average Bonchev–Trinajstić information content (AvgIpc) is 3.00. The van der Waals surface area contributed by atoms with Crippen LogP contribution in [0.5, 0.6) is 0 Å². The summed E-state index contributed by atoms with van der Waals surface area (Å²) >= 11 is 0. The van der Waals surface area contributed by atoms with E-state index < -0.39 is 5.60 Å². The molecule has 1 aliphatic rings. The van der Waals surface area contributed by atoms with Gasteiger partial charge in [0.25, 0.3) is 5.91 Å². The molecule has 2 N–H and O–H groups in total. The maximum atomic E-state index is 12.0. The highest BCUT2D eigenvalue weighted by Crippen LogP contribution is 2.23. The quantitative estimate of drug-likeness (QED) is 0.847. The molecule has 0 aromatic carbocycles. The van der Waals surface area contributed by atoms with E-state index >= 15 is 0 Å². The monoisotopic (exact) mass is 317 g/mol. The summed E-state index contributed by atoms with van der Waals surface area (Å²) in [5.74, 6) is 0.347. The predicted octanol–water partition coefficient (Wildman–Crippen LogP) is 0.534. The lowest BCUT2D eigenvalue weighted by atomic mass is 9.93. The van der Waals surface area contributed by atoms with Gasteiger partial charge < -0.3 is 19.8 Å². The molecule has 3 heterocycles. The lowest BCUT2D eigenvalue weighted by Gasteiger charge is -2.39. The Hall–Kier alpha value is -2.48. The fourth-order valence-corrected chi connectivity index (χ4v) is 2.68. The molecule has 1 aliphatic heterocycles. The van der Waals surface area contributed by atoms with Crippen LogP contribution >= 0.6 is 0 Å². The molecule has 0 bridgehead atoms. The molecule has 8 heteroatoms. The number of hydrogen-bond donors (Lipinski definition) is 2. The van der Waals surface area contributed by atoms with Gasteiger partial charge in [0.15, 0.2) is 0 Å². The molecule has 1 atom stereocenters. The smallest absolute Gasteiger partial charge is 0.290 e. The first-order valence-electron chi connectivity index (χ1n) is 7.52. The summed E-state index contributed by atoms with van der Waals surface area (Å²) in [5.41, 5.74) is -0.388. The number of aromatic nitrogens is 3. The summed E-state index contributed by atoms with van der Waals surface area (Å²) in [6, 6.07) is 3.31. The molecule has 2 aromatic rings. The molecule has 8 nitrogen and oxygen atoms in total. The number of nitrogens with zero attached hydrogens (tertiary/aromatic N) is 4. The number of hydrogen-bond acceptors (Lipinski definition) is 7. The molecule has 0 unspecified atom stereocenters. The van der Waals surface area contributed by atoms with Gasteiger partial charge in [0, 0.05) is 31.5 Å². The molecule has 122 valence electrons. The first-order chi connectivity index (χ1) is 11.1. The van der Waals surface area contributed by atoms with Crippen LogP contribution < -0.4 is 10.2 Å². The second-order valence-corrected chi connectivity index (χ2v) is 5.81. The van der Waals surface area contributed by atoms with Crippen molar-refractivity contribution in [3.63, 3.8) is 0 Å². The second-order valence-electron chi connectivity index (χ2n) is 5.81. The average molecular weight is 317 g/mol. The Bertz CT molecular complexity index is 675. The molecular weight excluding hydrogens is 298 g/mol. The number of nitrogens with one attached hydrogen (secondary N) is 1. The molecule has 1 fully saturated rings. The van der Waals surface area contributed by atoms with Crippen LogP contribution in [0.3, 0.4) is 0 Å². The molecule has 23 heavy (non-hydrogen) atoms. The van der Waals surface area contributed by atoms with Crippen molar-refractivity contribution in [1.82, 2.24) is 20.4 Å². The lowest BCUT2D eigenvalue weighted by Crippen LogP contribution is -2.54. The second kappa shape index (κ2) is 6.33. The van der Waals surface area contributed by atoms with Gasteiger partial charge in [-0.1, -0.05) is 5.16 Å². The van der Waals surface area contributed by atoms with Crippen LogP contribution in [0, 0.1) is 6.92 Å². The number of amides is 1. The molecule has 1 amide bonds. The number of aliphatic hydroxyl groups is 1. The van der Waals surface area contributed by atoms with Crippen LogP contribution in [0.1, 0.15) is 29.1 Å². The van der Waals surface area contributed by atoms with Crippen molar-refractivity contribution in [3.05, 3.63) is 36.0 Å². The Balaban J connectivity index is 1.61. The summed E-state index contributed by atoms with van der Waals surface area (Å²) < 4.78 is 4.92. The van der Waals surface area contributed by atoms with E-state index in [1.165, 1.54) is 0 Å². The van der Waals surface area contributed by atoms with Gasteiger partial charge in [-0.15, -0.1) is 0 Å². The van der Waals surface area contributed by atoms with Gasteiger partial charge in [0.2, 0.25) is 11.7 Å². The summed E-state index contributed by atoms with van der Waals surface area (Å²) in [6.45, 7) is 3.02. The minimum absolute atomic E-state index is 0.134. The highest BCUT2D eigenvalue weighted by Gasteiger charge is 2.34. The molecule has 0 radical (unpaired) electrons. The van der Waals surface area contributed by atoms with Crippen molar-refractivity contribution in [1.29, 1.82) is 0 Å². The summed E-state index contributed by atoms with van der Waals surface area (Å²) in [5, 5.41) is 17.1. The van der Waals surface area contributed by atoms with Crippen molar-refractivity contribution in [2.45, 2.75) is 25.4 Å². The van der Waals surface area contributed by atoms with Crippen molar-refractivity contribution in [3.8, 4) is 0 Å². The van der Waals surface area contributed by atoms with E-state index in [0.29, 0.717) is 24.6 Å². The number of carbonyl (C=O) groups is 1. The number of β-amino-alcohol motifs (C(OH)–C–C–N with tert-alkyl or cyclic N) is 1. The molecule has 0 spiro atoms. The number of aryl methyl sites for hydroxylation is 1.